The molecule has 102 valence electrons. The van der Waals surface area contributed by atoms with E-state index >= 15 is 0 Å². The number of hydrogen-bond acceptors (Lipinski definition) is 5. The average molecular weight is 274 g/mol. The van der Waals surface area contributed by atoms with Crippen LogP contribution >= 0.6 is 0 Å². The third-order valence-electron chi connectivity index (χ3n) is 2.34. The molecule has 0 radical (unpaired) electrons. The maximum absolute atomic E-state index is 10.7. The normalized spacial score (nSPS) is 11.3. The first kappa shape index (κ1) is 14.7. The van der Waals surface area contributed by atoms with Crippen LogP contribution in [0.1, 0.15) is 5.56 Å². The Morgan fingerprint density at radius 1 is 1.22 bits per heavy atom. The quantitative estimate of drug-likeness (QED) is 0.687. The van der Waals surface area contributed by atoms with Crippen LogP contribution in [-0.4, -0.2) is 34.9 Å². The minimum Gasteiger partial charge on any atom is -0.493 e. The molecule has 0 heterocycles. The Morgan fingerprint density at radius 2 is 1.89 bits per heavy atom. The first-order valence-electron chi connectivity index (χ1n) is 5.38. The number of nitrogens with one attached hydrogen (secondary N) is 1. The zero-order chi connectivity index (χ0) is 13.6. The SMILES string of the molecule is COc1ccc(CNCCS(N)(=O)=O)cc1OC. The van der Waals surface area contributed by atoms with Crippen molar-refractivity contribution < 1.29 is 17.9 Å². The van der Waals surface area contributed by atoms with Crippen molar-refractivity contribution in [2.75, 3.05) is 26.5 Å². The van der Waals surface area contributed by atoms with E-state index in [-0.39, 0.29) is 5.75 Å². The molecular weight excluding hydrogens is 256 g/mol. The molecule has 0 bridgehead atoms. The van der Waals surface area contributed by atoms with Gasteiger partial charge in [-0.3, -0.25) is 0 Å². The maximum atomic E-state index is 10.7. The highest BCUT2D eigenvalue weighted by atomic mass is 32.2. The van der Waals surface area contributed by atoms with E-state index in [1.54, 1.807) is 20.3 Å². The van der Waals surface area contributed by atoms with E-state index in [0.29, 0.717) is 24.6 Å². The molecule has 3 N–H and O–H groups in total. The number of methoxy groups -OCH3 is 2. The average Bonchev–Trinajstić information content (AvgIpc) is 2.33. The summed E-state index contributed by atoms with van der Waals surface area (Å²) in [7, 11) is -0.272. The van der Waals surface area contributed by atoms with Crippen LogP contribution in [0.3, 0.4) is 0 Å². The molecule has 6 nitrogen and oxygen atoms in total. The molecule has 0 aliphatic carbocycles. The number of hydrogen-bond donors (Lipinski definition) is 2. The lowest BCUT2D eigenvalue weighted by molar-refractivity contribution is 0.354. The van der Waals surface area contributed by atoms with Crippen molar-refractivity contribution >= 4 is 10.0 Å². The second kappa shape index (κ2) is 6.58. The van der Waals surface area contributed by atoms with Crippen LogP contribution in [-0.2, 0) is 16.6 Å². The molecule has 7 heteroatoms. The highest BCUT2D eigenvalue weighted by Crippen LogP contribution is 2.27. The summed E-state index contributed by atoms with van der Waals surface area (Å²) in [5.41, 5.74) is 0.974. The van der Waals surface area contributed by atoms with Crippen LogP contribution < -0.4 is 19.9 Å². The number of nitrogens with two attached hydrogens (primary N) is 1. The van der Waals surface area contributed by atoms with Gasteiger partial charge in [0.05, 0.1) is 20.0 Å². The molecule has 0 atom stereocenters. The predicted molar refractivity (Wildman–Crippen MR) is 69.2 cm³/mol. The fourth-order valence-corrected chi connectivity index (χ4v) is 1.87. The second-order valence-corrected chi connectivity index (χ2v) is 5.47. The van der Waals surface area contributed by atoms with Gasteiger partial charge in [0.1, 0.15) is 0 Å². The smallest absolute Gasteiger partial charge is 0.210 e. The Kier molecular flexibility index (Phi) is 5.39. The summed E-state index contributed by atoms with van der Waals surface area (Å²) in [5, 5.41) is 7.89. The molecule has 0 unspecified atom stereocenters. The number of rotatable bonds is 7. The third kappa shape index (κ3) is 4.91. The van der Waals surface area contributed by atoms with Gasteiger partial charge in [-0.2, -0.15) is 0 Å². The standard InChI is InChI=1S/C11H18N2O4S/c1-16-10-4-3-9(7-11(10)17-2)8-13-5-6-18(12,14)15/h3-4,7,13H,5-6,8H2,1-2H3,(H2,12,14,15). The van der Waals surface area contributed by atoms with Gasteiger partial charge in [0.25, 0.3) is 0 Å². The van der Waals surface area contributed by atoms with Crippen molar-refractivity contribution in [1.29, 1.82) is 0 Å². The number of ether oxygens (including phenoxy) is 2. The number of primary sulfonamides is 1. The van der Waals surface area contributed by atoms with Gasteiger partial charge >= 0.3 is 0 Å². The highest BCUT2D eigenvalue weighted by Gasteiger charge is 2.05. The van der Waals surface area contributed by atoms with E-state index in [1.807, 2.05) is 12.1 Å². The van der Waals surface area contributed by atoms with Gasteiger partial charge in [0.2, 0.25) is 10.0 Å². The van der Waals surface area contributed by atoms with Gasteiger partial charge in [-0.15, -0.1) is 0 Å². The van der Waals surface area contributed by atoms with Gasteiger partial charge in [-0.25, -0.2) is 13.6 Å². The molecule has 0 fully saturated rings. The first-order valence-corrected chi connectivity index (χ1v) is 7.10. The van der Waals surface area contributed by atoms with Crippen molar-refractivity contribution in [3.63, 3.8) is 0 Å². The minimum absolute atomic E-state index is 0.0830. The summed E-state index contributed by atoms with van der Waals surface area (Å²) in [6.45, 7) is 0.850. The van der Waals surface area contributed by atoms with Crippen LogP contribution in [0, 0.1) is 0 Å². The summed E-state index contributed by atoms with van der Waals surface area (Å²) in [5.74, 6) is 1.22. The molecule has 0 saturated carbocycles. The Morgan fingerprint density at radius 3 is 2.44 bits per heavy atom. The van der Waals surface area contributed by atoms with Crippen LogP contribution in [0.5, 0.6) is 11.5 Å². The molecule has 0 aliphatic rings. The lowest BCUT2D eigenvalue weighted by Crippen LogP contribution is -2.26. The number of benzene rings is 1. The van der Waals surface area contributed by atoms with Crippen molar-refractivity contribution in [3.8, 4) is 11.5 Å². The largest absolute Gasteiger partial charge is 0.493 e. The van der Waals surface area contributed by atoms with Gasteiger partial charge < -0.3 is 14.8 Å². The summed E-state index contributed by atoms with van der Waals surface area (Å²) < 4.78 is 31.7. The Labute approximate surface area is 107 Å². The van der Waals surface area contributed by atoms with Gasteiger partial charge in [-0.1, -0.05) is 6.07 Å². The number of sulfonamides is 1. The molecule has 1 aromatic carbocycles. The van der Waals surface area contributed by atoms with Crippen molar-refractivity contribution in [1.82, 2.24) is 5.32 Å². The van der Waals surface area contributed by atoms with E-state index in [9.17, 15) is 8.42 Å². The second-order valence-electron chi connectivity index (χ2n) is 3.73. The van der Waals surface area contributed by atoms with Gasteiger partial charge in [0.15, 0.2) is 11.5 Å². The van der Waals surface area contributed by atoms with Crippen LogP contribution in [0.2, 0.25) is 0 Å². The summed E-state index contributed by atoms with van der Waals surface area (Å²) in [6, 6.07) is 5.52. The zero-order valence-electron chi connectivity index (χ0n) is 10.5. The Bertz CT molecular complexity index is 488. The molecular formula is C11H18N2O4S. The Balaban J connectivity index is 2.53. The van der Waals surface area contributed by atoms with E-state index in [2.05, 4.69) is 5.32 Å². The maximum Gasteiger partial charge on any atom is 0.210 e. The molecule has 18 heavy (non-hydrogen) atoms. The molecule has 1 aromatic rings. The summed E-state index contributed by atoms with van der Waals surface area (Å²) in [6.07, 6.45) is 0. The topological polar surface area (TPSA) is 90.6 Å². The van der Waals surface area contributed by atoms with Crippen molar-refractivity contribution in [3.05, 3.63) is 23.8 Å². The van der Waals surface area contributed by atoms with Crippen LogP contribution in [0.4, 0.5) is 0 Å². The van der Waals surface area contributed by atoms with Crippen LogP contribution in [0.15, 0.2) is 18.2 Å². The molecule has 0 amide bonds. The third-order valence-corrected chi connectivity index (χ3v) is 3.11. The summed E-state index contributed by atoms with van der Waals surface area (Å²) in [4.78, 5) is 0. The van der Waals surface area contributed by atoms with E-state index in [0.717, 1.165) is 5.56 Å². The van der Waals surface area contributed by atoms with Crippen molar-refractivity contribution in [2.24, 2.45) is 5.14 Å². The predicted octanol–water partition coefficient (Wildman–Crippen LogP) is 0.0819. The van der Waals surface area contributed by atoms with Gasteiger partial charge in [0, 0.05) is 13.1 Å². The fraction of sp³-hybridized carbons (Fsp3) is 0.455. The fourth-order valence-electron chi connectivity index (χ4n) is 1.44. The summed E-state index contributed by atoms with van der Waals surface area (Å²) >= 11 is 0. The molecule has 0 aromatic heterocycles. The van der Waals surface area contributed by atoms with Crippen molar-refractivity contribution in [2.45, 2.75) is 6.54 Å². The van der Waals surface area contributed by atoms with E-state index in [1.165, 1.54) is 0 Å². The van der Waals surface area contributed by atoms with Crippen LogP contribution in [0.25, 0.3) is 0 Å². The molecule has 0 aliphatic heterocycles. The van der Waals surface area contributed by atoms with E-state index < -0.39 is 10.0 Å². The minimum atomic E-state index is -3.41. The zero-order valence-corrected chi connectivity index (χ0v) is 11.3. The first-order chi connectivity index (χ1) is 8.46. The van der Waals surface area contributed by atoms with Gasteiger partial charge in [-0.05, 0) is 17.7 Å². The molecule has 0 spiro atoms. The monoisotopic (exact) mass is 274 g/mol. The molecule has 0 saturated heterocycles. The highest BCUT2D eigenvalue weighted by molar-refractivity contribution is 7.89. The lowest BCUT2D eigenvalue weighted by Gasteiger charge is -2.10. The Hall–Kier alpha value is -1.31. The molecule has 1 rings (SSSR count). The lowest BCUT2D eigenvalue weighted by atomic mass is 10.2. The van der Waals surface area contributed by atoms with E-state index in [4.69, 9.17) is 14.6 Å².